The second-order valence-corrected chi connectivity index (χ2v) is 6.03. The second kappa shape index (κ2) is 7.81. The Morgan fingerprint density at radius 3 is 2.78 bits per heavy atom. The minimum absolute atomic E-state index is 0.418. The Morgan fingerprint density at radius 2 is 2.22 bits per heavy atom. The third kappa shape index (κ3) is 5.00. The molecule has 3 nitrogen and oxygen atoms in total. The molecule has 1 N–H and O–H groups in total. The number of guanidine groups is 1. The van der Waals surface area contributed by atoms with Gasteiger partial charge in [0.25, 0.3) is 6.43 Å². The zero-order chi connectivity index (χ0) is 13.5. The first kappa shape index (κ1) is 15.5. The highest BCUT2D eigenvalue weighted by molar-refractivity contribution is 8.00. The lowest BCUT2D eigenvalue weighted by Crippen LogP contribution is -2.49. The van der Waals surface area contributed by atoms with Crippen molar-refractivity contribution in [1.82, 2.24) is 10.2 Å². The van der Waals surface area contributed by atoms with E-state index in [1.54, 1.807) is 0 Å². The number of rotatable bonds is 4. The molecule has 0 aliphatic carbocycles. The molecular weight excluding hydrogens is 256 g/mol. The van der Waals surface area contributed by atoms with Crippen molar-refractivity contribution in [3.05, 3.63) is 0 Å². The number of nitrogens with one attached hydrogen (secondary N) is 1. The van der Waals surface area contributed by atoms with Crippen LogP contribution in [0.1, 0.15) is 20.8 Å². The van der Waals surface area contributed by atoms with E-state index in [0.29, 0.717) is 23.7 Å². The molecule has 1 fully saturated rings. The lowest BCUT2D eigenvalue weighted by Gasteiger charge is -2.36. The van der Waals surface area contributed by atoms with Gasteiger partial charge in [-0.25, -0.2) is 13.8 Å². The Labute approximate surface area is 112 Å². The summed E-state index contributed by atoms with van der Waals surface area (Å²) in [4.78, 5) is 6.11. The molecule has 1 heterocycles. The molecule has 0 spiro atoms. The van der Waals surface area contributed by atoms with Gasteiger partial charge in [0.05, 0.1) is 0 Å². The maximum atomic E-state index is 12.3. The van der Waals surface area contributed by atoms with Crippen molar-refractivity contribution in [2.45, 2.75) is 32.4 Å². The number of hydrogen-bond donors (Lipinski definition) is 1. The highest BCUT2D eigenvalue weighted by Gasteiger charge is 2.24. The molecule has 0 aromatic heterocycles. The largest absolute Gasteiger partial charge is 0.357 e. The average molecular weight is 279 g/mol. The monoisotopic (exact) mass is 279 g/mol. The fraction of sp³-hybridized carbons (Fsp3) is 0.917. The van der Waals surface area contributed by atoms with Crippen molar-refractivity contribution < 1.29 is 8.78 Å². The van der Waals surface area contributed by atoms with E-state index in [1.165, 1.54) is 0 Å². The van der Waals surface area contributed by atoms with Crippen LogP contribution >= 0.6 is 11.8 Å². The van der Waals surface area contributed by atoms with E-state index in [-0.39, 0.29) is 0 Å². The molecule has 1 unspecified atom stereocenters. The van der Waals surface area contributed by atoms with Crippen molar-refractivity contribution >= 4 is 17.7 Å². The molecule has 6 heteroatoms. The van der Waals surface area contributed by atoms with Crippen LogP contribution in [0.2, 0.25) is 0 Å². The lowest BCUT2D eigenvalue weighted by molar-refractivity contribution is 0.158. The Kier molecular flexibility index (Phi) is 6.75. The molecule has 1 saturated heterocycles. The summed E-state index contributed by atoms with van der Waals surface area (Å²) < 4.78 is 24.5. The van der Waals surface area contributed by atoms with Gasteiger partial charge in [-0.05, 0) is 12.8 Å². The van der Waals surface area contributed by atoms with Crippen molar-refractivity contribution in [1.29, 1.82) is 0 Å². The molecular formula is C12H23F2N3S. The molecule has 106 valence electrons. The summed E-state index contributed by atoms with van der Waals surface area (Å²) in [5.74, 6) is 2.25. The molecule has 1 aliphatic rings. The van der Waals surface area contributed by atoms with Crippen LogP contribution in [0, 0.1) is 5.92 Å². The smallest absolute Gasteiger partial charge is 0.257 e. The average Bonchev–Trinajstić information content (AvgIpc) is 2.34. The maximum absolute atomic E-state index is 12.3. The first-order valence-corrected chi connectivity index (χ1v) is 7.52. The van der Waals surface area contributed by atoms with Gasteiger partial charge < -0.3 is 10.2 Å². The van der Waals surface area contributed by atoms with Gasteiger partial charge in [-0.3, -0.25) is 0 Å². The molecule has 0 saturated carbocycles. The number of nitrogens with zero attached hydrogens (tertiary/aromatic N) is 2. The van der Waals surface area contributed by atoms with Crippen LogP contribution in [0.3, 0.4) is 0 Å². The summed E-state index contributed by atoms with van der Waals surface area (Å²) in [5.41, 5.74) is 0. The van der Waals surface area contributed by atoms with Gasteiger partial charge in [0.2, 0.25) is 0 Å². The van der Waals surface area contributed by atoms with Crippen LogP contribution in [-0.2, 0) is 0 Å². The third-order valence-corrected chi connectivity index (χ3v) is 4.39. The van der Waals surface area contributed by atoms with Crippen molar-refractivity contribution in [2.75, 3.05) is 31.9 Å². The minimum atomic E-state index is -2.38. The van der Waals surface area contributed by atoms with Crippen LogP contribution in [0.15, 0.2) is 4.99 Å². The summed E-state index contributed by atoms with van der Waals surface area (Å²) in [5, 5.41) is 3.65. The Bertz CT molecular complexity index is 272. The molecule has 0 aromatic carbocycles. The summed E-state index contributed by atoms with van der Waals surface area (Å²) in [7, 11) is 0. The van der Waals surface area contributed by atoms with E-state index in [1.807, 2.05) is 18.7 Å². The minimum Gasteiger partial charge on any atom is -0.357 e. The molecule has 0 amide bonds. The summed E-state index contributed by atoms with van der Waals surface area (Å²) in [6, 6.07) is 0. The van der Waals surface area contributed by atoms with Gasteiger partial charge >= 0.3 is 0 Å². The molecule has 0 aromatic rings. The van der Waals surface area contributed by atoms with Crippen LogP contribution in [-0.4, -0.2) is 54.5 Å². The number of halogens is 2. The highest BCUT2D eigenvalue weighted by atomic mass is 32.2. The Balaban J connectivity index is 2.63. The van der Waals surface area contributed by atoms with Gasteiger partial charge in [0.1, 0.15) is 6.54 Å². The number of thioether (sulfide) groups is 1. The van der Waals surface area contributed by atoms with Gasteiger partial charge in [-0.2, -0.15) is 11.8 Å². The lowest BCUT2D eigenvalue weighted by atomic mass is 10.1. The number of alkyl halides is 2. The third-order valence-electron chi connectivity index (χ3n) is 2.85. The first-order chi connectivity index (χ1) is 8.54. The molecule has 0 bridgehead atoms. The van der Waals surface area contributed by atoms with E-state index < -0.39 is 13.0 Å². The van der Waals surface area contributed by atoms with E-state index >= 15 is 0 Å². The maximum Gasteiger partial charge on any atom is 0.257 e. The zero-order valence-corrected chi connectivity index (χ0v) is 12.1. The quantitative estimate of drug-likeness (QED) is 0.632. The topological polar surface area (TPSA) is 27.6 Å². The van der Waals surface area contributed by atoms with Gasteiger partial charge in [0.15, 0.2) is 5.96 Å². The molecule has 0 radical (unpaired) electrons. The predicted molar refractivity (Wildman–Crippen MR) is 74.6 cm³/mol. The highest BCUT2D eigenvalue weighted by Crippen LogP contribution is 2.24. The Hall–Kier alpha value is -0.520. The SMILES string of the molecule is CCNC(=NCC(F)F)N1CCSC(C(C)C)C1. The van der Waals surface area contributed by atoms with E-state index in [9.17, 15) is 8.78 Å². The molecule has 18 heavy (non-hydrogen) atoms. The van der Waals surface area contributed by atoms with Gasteiger partial charge in [0, 0.05) is 30.6 Å². The van der Waals surface area contributed by atoms with Crippen LogP contribution in [0.5, 0.6) is 0 Å². The van der Waals surface area contributed by atoms with Crippen molar-refractivity contribution in [3.63, 3.8) is 0 Å². The summed E-state index contributed by atoms with van der Waals surface area (Å²) in [6.45, 7) is 8.40. The van der Waals surface area contributed by atoms with Gasteiger partial charge in [-0.15, -0.1) is 0 Å². The molecule has 1 rings (SSSR count). The van der Waals surface area contributed by atoms with E-state index in [2.05, 4.69) is 29.1 Å². The number of aliphatic imine (C=N–C) groups is 1. The standard InChI is InChI=1S/C12H23F2N3S/c1-4-15-12(16-7-11(13)14)17-5-6-18-10(8-17)9(2)3/h9-11H,4-8H2,1-3H3,(H,15,16). The van der Waals surface area contributed by atoms with Gasteiger partial charge in [-0.1, -0.05) is 13.8 Å². The number of hydrogen-bond acceptors (Lipinski definition) is 2. The molecule has 1 aliphatic heterocycles. The zero-order valence-electron chi connectivity index (χ0n) is 11.3. The molecule has 1 atom stereocenters. The fourth-order valence-electron chi connectivity index (χ4n) is 1.85. The first-order valence-electron chi connectivity index (χ1n) is 6.47. The van der Waals surface area contributed by atoms with Crippen molar-refractivity contribution in [2.24, 2.45) is 10.9 Å². The Morgan fingerprint density at radius 1 is 1.50 bits per heavy atom. The van der Waals surface area contributed by atoms with Crippen LogP contribution < -0.4 is 5.32 Å². The van der Waals surface area contributed by atoms with E-state index in [0.717, 1.165) is 18.8 Å². The fourth-order valence-corrected chi connectivity index (χ4v) is 3.15. The second-order valence-electron chi connectivity index (χ2n) is 4.68. The normalized spacial score (nSPS) is 21.8. The predicted octanol–water partition coefficient (Wildman–Crippen LogP) is 2.29. The summed E-state index contributed by atoms with van der Waals surface area (Å²) in [6.07, 6.45) is -2.38. The van der Waals surface area contributed by atoms with E-state index in [4.69, 9.17) is 0 Å². The summed E-state index contributed by atoms with van der Waals surface area (Å²) >= 11 is 1.96. The van der Waals surface area contributed by atoms with Crippen LogP contribution in [0.25, 0.3) is 0 Å². The van der Waals surface area contributed by atoms with Crippen LogP contribution in [0.4, 0.5) is 8.78 Å². The van der Waals surface area contributed by atoms with Crippen molar-refractivity contribution in [3.8, 4) is 0 Å².